The van der Waals surface area contributed by atoms with E-state index in [4.69, 9.17) is 23.2 Å². The van der Waals surface area contributed by atoms with Gasteiger partial charge in [0.2, 0.25) is 0 Å². The zero-order valence-electron chi connectivity index (χ0n) is 8.33. The van der Waals surface area contributed by atoms with Crippen LogP contribution in [-0.4, -0.2) is 19.5 Å². The number of carbonyl (C=O) groups is 1. The van der Waals surface area contributed by atoms with Gasteiger partial charge in [0.1, 0.15) is 0 Å². The van der Waals surface area contributed by atoms with Crippen molar-refractivity contribution in [3.05, 3.63) is 27.7 Å². The summed E-state index contributed by atoms with van der Waals surface area (Å²) < 4.78 is 24.1. The number of carbonyl (C=O) groups excluding carboxylic acids is 1. The molecule has 2 rings (SSSR count). The number of halogens is 2. The van der Waals surface area contributed by atoms with E-state index in [-0.39, 0.29) is 32.7 Å². The predicted octanol–water partition coefficient (Wildman–Crippen LogP) is 2.74. The summed E-state index contributed by atoms with van der Waals surface area (Å²) in [6, 6.07) is 2.83. The van der Waals surface area contributed by atoms with E-state index in [1.165, 1.54) is 19.1 Å². The molecule has 0 spiro atoms. The molecule has 1 aliphatic rings. The quantitative estimate of drug-likeness (QED) is 0.733. The highest BCUT2D eigenvalue weighted by molar-refractivity contribution is 7.92. The molecule has 1 aromatic rings. The standard InChI is InChI=1S/C10H8Cl2O3S/c1-5-4-8(13)9-6(11)2-3-7(12)10(9)16(5,14)15/h2-3,5H,4H2,1H3. The van der Waals surface area contributed by atoms with E-state index in [9.17, 15) is 13.2 Å². The molecule has 0 radical (unpaired) electrons. The lowest BCUT2D eigenvalue weighted by atomic mass is 10.1. The fraction of sp³-hybridized carbons (Fsp3) is 0.300. The molecule has 1 aromatic carbocycles. The number of fused-ring (bicyclic) bond motifs is 1. The van der Waals surface area contributed by atoms with Crippen LogP contribution in [0.5, 0.6) is 0 Å². The van der Waals surface area contributed by atoms with Crippen LogP contribution in [0.1, 0.15) is 23.7 Å². The van der Waals surface area contributed by atoms with Gasteiger partial charge in [-0.1, -0.05) is 23.2 Å². The molecule has 0 amide bonds. The Bertz CT molecular complexity index is 578. The zero-order valence-corrected chi connectivity index (χ0v) is 10.7. The first-order chi connectivity index (χ1) is 7.35. The highest BCUT2D eigenvalue weighted by Crippen LogP contribution is 2.38. The van der Waals surface area contributed by atoms with Crippen molar-refractivity contribution in [2.45, 2.75) is 23.5 Å². The number of Topliss-reactive ketones (excluding diaryl/α,β-unsaturated/α-hetero) is 1. The number of ketones is 1. The van der Waals surface area contributed by atoms with Crippen molar-refractivity contribution in [2.75, 3.05) is 0 Å². The first kappa shape index (κ1) is 11.9. The summed E-state index contributed by atoms with van der Waals surface area (Å²) in [5, 5.41) is -0.553. The number of hydrogen-bond acceptors (Lipinski definition) is 3. The maximum absolute atomic E-state index is 12.0. The number of benzene rings is 1. The first-order valence-electron chi connectivity index (χ1n) is 4.61. The van der Waals surface area contributed by atoms with E-state index < -0.39 is 15.1 Å². The molecular formula is C10H8Cl2O3S. The minimum absolute atomic E-state index is 0.0345. The molecule has 0 aliphatic carbocycles. The Morgan fingerprint density at radius 2 is 1.81 bits per heavy atom. The SMILES string of the molecule is CC1CC(=O)c2c(Cl)ccc(Cl)c2S1(=O)=O. The molecule has 16 heavy (non-hydrogen) atoms. The lowest BCUT2D eigenvalue weighted by molar-refractivity contribution is 0.0976. The summed E-state index contributed by atoms with van der Waals surface area (Å²) in [5.74, 6) is -0.273. The lowest BCUT2D eigenvalue weighted by Gasteiger charge is -2.22. The van der Waals surface area contributed by atoms with Crippen molar-refractivity contribution in [3.8, 4) is 0 Å². The Kier molecular flexibility index (Phi) is 2.77. The Hall–Kier alpha value is -0.580. The number of rotatable bonds is 0. The minimum atomic E-state index is -3.54. The van der Waals surface area contributed by atoms with Crippen molar-refractivity contribution in [2.24, 2.45) is 0 Å². The van der Waals surface area contributed by atoms with E-state index in [1.54, 1.807) is 0 Å². The maximum atomic E-state index is 12.0. The van der Waals surface area contributed by atoms with Crippen molar-refractivity contribution in [3.63, 3.8) is 0 Å². The molecule has 1 unspecified atom stereocenters. The van der Waals surface area contributed by atoms with Crippen molar-refractivity contribution in [1.29, 1.82) is 0 Å². The van der Waals surface area contributed by atoms with Crippen LogP contribution in [0.25, 0.3) is 0 Å². The highest BCUT2D eigenvalue weighted by atomic mass is 35.5. The van der Waals surface area contributed by atoms with Crippen LogP contribution in [0, 0.1) is 0 Å². The molecule has 1 heterocycles. The zero-order chi connectivity index (χ0) is 12.1. The molecule has 0 bridgehead atoms. The fourth-order valence-corrected chi connectivity index (χ4v) is 4.17. The maximum Gasteiger partial charge on any atom is 0.183 e. The second-order valence-electron chi connectivity index (χ2n) is 3.72. The Labute approximate surface area is 103 Å². The van der Waals surface area contributed by atoms with Gasteiger partial charge < -0.3 is 0 Å². The van der Waals surface area contributed by atoms with Crippen LogP contribution in [0.2, 0.25) is 10.0 Å². The van der Waals surface area contributed by atoms with Gasteiger partial charge in [0.25, 0.3) is 0 Å². The summed E-state index contributed by atoms with van der Waals surface area (Å²) in [4.78, 5) is 11.6. The van der Waals surface area contributed by atoms with E-state index >= 15 is 0 Å². The van der Waals surface area contributed by atoms with Gasteiger partial charge in [-0.05, 0) is 19.1 Å². The third-order valence-corrected chi connectivity index (χ3v) is 5.59. The van der Waals surface area contributed by atoms with Crippen molar-refractivity contribution in [1.82, 2.24) is 0 Å². The van der Waals surface area contributed by atoms with Crippen molar-refractivity contribution >= 4 is 38.8 Å². The van der Waals surface area contributed by atoms with Crippen molar-refractivity contribution < 1.29 is 13.2 Å². The van der Waals surface area contributed by atoms with Crippen LogP contribution in [-0.2, 0) is 9.84 Å². The van der Waals surface area contributed by atoms with E-state index in [0.717, 1.165) is 0 Å². The molecule has 0 N–H and O–H groups in total. The molecule has 6 heteroatoms. The van der Waals surface area contributed by atoms with Gasteiger partial charge in [-0.2, -0.15) is 0 Å². The topological polar surface area (TPSA) is 51.2 Å². The second-order valence-corrected chi connectivity index (χ2v) is 6.83. The lowest BCUT2D eigenvalue weighted by Crippen LogP contribution is -2.29. The van der Waals surface area contributed by atoms with Crippen LogP contribution in [0.4, 0.5) is 0 Å². The Morgan fingerprint density at radius 3 is 2.44 bits per heavy atom. The van der Waals surface area contributed by atoms with E-state index in [0.29, 0.717) is 0 Å². The third kappa shape index (κ3) is 1.56. The summed E-state index contributed by atoms with van der Waals surface area (Å²) in [5.41, 5.74) is 0.0345. The molecule has 0 aromatic heterocycles. The average molecular weight is 279 g/mol. The minimum Gasteiger partial charge on any atom is -0.294 e. The largest absolute Gasteiger partial charge is 0.294 e. The van der Waals surface area contributed by atoms with Crippen LogP contribution in [0.15, 0.2) is 17.0 Å². The molecule has 0 saturated carbocycles. The van der Waals surface area contributed by atoms with Gasteiger partial charge >= 0.3 is 0 Å². The summed E-state index contributed by atoms with van der Waals surface area (Å²) >= 11 is 11.7. The molecular weight excluding hydrogens is 271 g/mol. The number of sulfone groups is 1. The Balaban J connectivity index is 2.90. The predicted molar refractivity (Wildman–Crippen MR) is 62.1 cm³/mol. The monoisotopic (exact) mass is 278 g/mol. The van der Waals surface area contributed by atoms with Gasteiger partial charge in [0, 0.05) is 6.42 Å². The fourth-order valence-electron chi connectivity index (χ4n) is 1.75. The highest BCUT2D eigenvalue weighted by Gasteiger charge is 2.38. The van der Waals surface area contributed by atoms with Gasteiger partial charge in [0.05, 0.1) is 25.8 Å². The molecule has 1 atom stereocenters. The third-order valence-electron chi connectivity index (χ3n) is 2.62. The summed E-state index contributed by atoms with van der Waals surface area (Å²) in [7, 11) is -3.54. The number of hydrogen-bond donors (Lipinski definition) is 0. The molecule has 86 valence electrons. The summed E-state index contributed by atoms with van der Waals surface area (Å²) in [6.07, 6.45) is -0.0462. The van der Waals surface area contributed by atoms with E-state index in [2.05, 4.69) is 0 Å². The summed E-state index contributed by atoms with van der Waals surface area (Å²) in [6.45, 7) is 1.49. The smallest absolute Gasteiger partial charge is 0.183 e. The van der Waals surface area contributed by atoms with Gasteiger partial charge in [-0.15, -0.1) is 0 Å². The molecule has 0 fully saturated rings. The average Bonchev–Trinajstić information content (AvgIpc) is 2.18. The van der Waals surface area contributed by atoms with E-state index in [1.807, 2.05) is 0 Å². The van der Waals surface area contributed by atoms with Crippen LogP contribution >= 0.6 is 23.2 Å². The van der Waals surface area contributed by atoms with Crippen LogP contribution < -0.4 is 0 Å². The second kappa shape index (κ2) is 3.72. The van der Waals surface area contributed by atoms with Crippen LogP contribution in [0.3, 0.4) is 0 Å². The normalized spacial score (nSPS) is 22.9. The van der Waals surface area contributed by atoms with Gasteiger partial charge in [-0.25, -0.2) is 8.42 Å². The van der Waals surface area contributed by atoms with Gasteiger partial charge in [-0.3, -0.25) is 4.79 Å². The first-order valence-corrected chi connectivity index (χ1v) is 6.91. The van der Waals surface area contributed by atoms with Gasteiger partial charge in [0.15, 0.2) is 15.6 Å². The molecule has 3 nitrogen and oxygen atoms in total. The molecule has 0 saturated heterocycles. The molecule has 1 aliphatic heterocycles. The Morgan fingerprint density at radius 1 is 1.25 bits per heavy atom.